The van der Waals surface area contributed by atoms with Gasteiger partial charge in [0.05, 0.1) is 11.5 Å². The van der Waals surface area contributed by atoms with E-state index < -0.39 is 0 Å². The van der Waals surface area contributed by atoms with Gasteiger partial charge in [-0.2, -0.15) is 4.99 Å². The van der Waals surface area contributed by atoms with Gasteiger partial charge in [-0.1, -0.05) is 0 Å². The van der Waals surface area contributed by atoms with E-state index in [1.54, 1.807) is 6.08 Å². The van der Waals surface area contributed by atoms with Gasteiger partial charge in [0.25, 0.3) is 5.91 Å². The highest BCUT2D eigenvalue weighted by atomic mass is 32.2. The SMILES string of the molecule is Cc1ccc(/C=C2/SC(N3CCN(CCO)CC3)=NC2=O)o1. The van der Waals surface area contributed by atoms with E-state index in [2.05, 4.69) is 14.8 Å². The molecule has 0 saturated carbocycles. The smallest absolute Gasteiger partial charge is 0.286 e. The number of nitrogens with zero attached hydrogens (tertiary/aromatic N) is 3. The van der Waals surface area contributed by atoms with E-state index in [1.165, 1.54) is 11.8 Å². The van der Waals surface area contributed by atoms with Crippen LogP contribution < -0.4 is 0 Å². The lowest BCUT2D eigenvalue weighted by Gasteiger charge is -2.34. The van der Waals surface area contributed by atoms with Gasteiger partial charge in [0.2, 0.25) is 0 Å². The molecule has 1 amide bonds. The molecule has 1 N–H and O–H groups in total. The van der Waals surface area contributed by atoms with E-state index in [-0.39, 0.29) is 12.5 Å². The number of carbonyl (C=O) groups is 1. The Kier molecular flexibility index (Phi) is 4.66. The number of rotatable bonds is 3. The molecule has 3 rings (SSSR count). The Hall–Kier alpha value is -1.57. The average Bonchev–Trinajstić information content (AvgIpc) is 3.07. The number of furan rings is 1. The summed E-state index contributed by atoms with van der Waals surface area (Å²) in [6, 6.07) is 3.72. The van der Waals surface area contributed by atoms with E-state index in [0.717, 1.165) is 37.1 Å². The number of amidine groups is 1. The number of piperazine rings is 1. The van der Waals surface area contributed by atoms with Crippen LogP contribution in [0.3, 0.4) is 0 Å². The van der Waals surface area contributed by atoms with Gasteiger partial charge in [-0.3, -0.25) is 9.69 Å². The van der Waals surface area contributed by atoms with E-state index in [9.17, 15) is 4.79 Å². The molecule has 3 heterocycles. The molecule has 1 aromatic rings. The third-order valence-electron chi connectivity index (χ3n) is 3.70. The van der Waals surface area contributed by atoms with Gasteiger partial charge in [0.15, 0.2) is 5.17 Å². The number of aryl methyl sites for hydroxylation is 1. The number of thioether (sulfide) groups is 1. The molecule has 0 radical (unpaired) electrons. The first-order valence-electron chi connectivity index (χ1n) is 7.33. The van der Waals surface area contributed by atoms with Crippen molar-refractivity contribution >= 4 is 28.9 Å². The molecule has 22 heavy (non-hydrogen) atoms. The van der Waals surface area contributed by atoms with Crippen LogP contribution in [0.4, 0.5) is 0 Å². The van der Waals surface area contributed by atoms with Gasteiger partial charge < -0.3 is 14.4 Å². The topological polar surface area (TPSA) is 69.3 Å². The first-order chi connectivity index (χ1) is 10.7. The van der Waals surface area contributed by atoms with Gasteiger partial charge in [-0.05, 0) is 30.8 Å². The second-order valence-corrected chi connectivity index (χ2v) is 6.32. The number of aliphatic imine (C=N–C) groups is 1. The molecule has 7 heteroatoms. The zero-order chi connectivity index (χ0) is 15.5. The molecule has 0 aromatic carbocycles. The van der Waals surface area contributed by atoms with Crippen LogP contribution in [0.25, 0.3) is 6.08 Å². The molecule has 2 aliphatic heterocycles. The first kappa shape index (κ1) is 15.3. The number of hydrogen-bond donors (Lipinski definition) is 1. The monoisotopic (exact) mass is 321 g/mol. The van der Waals surface area contributed by atoms with E-state index >= 15 is 0 Å². The zero-order valence-corrected chi connectivity index (χ0v) is 13.3. The van der Waals surface area contributed by atoms with Crippen molar-refractivity contribution in [3.63, 3.8) is 0 Å². The minimum Gasteiger partial charge on any atom is -0.462 e. The van der Waals surface area contributed by atoms with Crippen molar-refractivity contribution in [3.8, 4) is 0 Å². The Bertz CT molecular complexity index is 615. The van der Waals surface area contributed by atoms with Gasteiger partial charge in [0, 0.05) is 38.8 Å². The summed E-state index contributed by atoms with van der Waals surface area (Å²) in [6.45, 7) is 6.17. The largest absolute Gasteiger partial charge is 0.462 e. The zero-order valence-electron chi connectivity index (χ0n) is 12.5. The molecule has 0 spiro atoms. The number of β-amino-alcohol motifs (C(OH)–C–C–N with tert-alkyl or cyclic N) is 1. The van der Waals surface area contributed by atoms with Crippen molar-refractivity contribution in [3.05, 3.63) is 28.6 Å². The summed E-state index contributed by atoms with van der Waals surface area (Å²) in [6.07, 6.45) is 1.75. The van der Waals surface area contributed by atoms with Crippen LogP contribution >= 0.6 is 11.8 Å². The summed E-state index contributed by atoms with van der Waals surface area (Å²) < 4.78 is 5.48. The lowest BCUT2D eigenvalue weighted by Crippen LogP contribution is -2.48. The highest BCUT2D eigenvalue weighted by Gasteiger charge is 2.28. The second-order valence-electron chi connectivity index (χ2n) is 5.31. The summed E-state index contributed by atoms with van der Waals surface area (Å²) >= 11 is 1.40. The molecular weight excluding hydrogens is 302 g/mol. The van der Waals surface area contributed by atoms with Crippen LogP contribution in [0, 0.1) is 6.92 Å². The van der Waals surface area contributed by atoms with E-state index in [1.807, 2.05) is 19.1 Å². The van der Waals surface area contributed by atoms with Crippen LogP contribution in [0.2, 0.25) is 0 Å². The van der Waals surface area contributed by atoms with Crippen LogP contribution in [-0.4, -0.2) is 65.3 Å². The molecule has 0 atom stereocenters. The van der Waals surface area contributed by atoms with Gasteiger partial charge >= 0.3 is 0 Å². The van der Waals surface area contributed by atoms with Crippen molar-refractivity contribution in [1.82, 2.24) is 9.80 Å². The number of aliphatic hydroxyl groups excluding tert-OH is 1. The maximum absolute atomic E-state index is 12.0. The highest BCUT2D eigenvalue weighted by Crippen LogP contribution is 2.30. The van der Waals surface area contributed by atoms with Gasteiger partial charge in [-0.15, -0.1) is 0 Å². The van der Waals surface area contributed by atoms with Crippen LogP contribution in [0.15, 0.2) is 26.4 Å². The molecule has 2 aliphatic rings. The van der Waals surface area contributed by atoms with Crippen molar-refractivity contribution in [2.75, 3.05) is 39.3 Å². The van der Waals surface area contributed by atoms with Crippen molar-refractivity contribution in [2.24, 2.45) is 4.99 Å². The number of carbonyl (C=O) groups excluding carboxylic acids is 1. The van der Waals surface area contributed by atoms with Gasteiger partial charge in [0.1, 0.15) is 11.5 Å². The maximum atomic E-state index is 12.0. The maximum Gasteiger partial charge on any atom is 0.286 e. The quantitative estimate of drug-likeness (QED) is 0.843. The molecular formula is C15H19N3O3S. The number of hydrogen-bond acceptors (Lipinski definition) is 6. The van der Waals surface area contributed by atoms with Crippen LogP contribution in [0.1, 0.15) is 11.5 Å². The van der Waals surface area contributed by atoms with Crippen molar-refractivity contribution < 1.29 is 14.3 Å². The van der Waals surface area contributed by atoms with Crippen molar-refractivity contribution in [2.45, 2.75) is 6.92 Å². The fourth-order valence-corrected chi connectivity index (χ4v) is 3.44. The lowest BCUT2D eigenvalue weighted by molar-refractivity contribution is -0.113. The van der Waals surface area contributed by atoms with Gasteiger partial charge in [-0.25, -0.2) is 0 Å². The highest BCUT2D eigenvalue weighted by molar-refractivity contribution is 8.18. The summed E-state index contributed by atoms with van der Waals surface area (Å²) in [5, 5.41) is 9.73. The normalized spacial score (nSPS) is 21.7. The van der Waals surface area contributed by atoms with Crippen molar-refractivity contribution in [1.29, 1.82) is 0 Å². The molecule has 6 nitrogen and oxygen atoms in total. The fourth-order valence-electron chi connectivity index (χ4n) is 2.50. The number of amides is 1. The summed E-state index contributed by atoms with van der Waals surface area (Å²) in [7, 11) is 0. The molecule has 1 aromatic heterocycles. The molecule has 0 unspecified atom stereocenters. The Balaban J connectivity index is 1.62. The third-order valence-corrected chi connectivity index (χ3v) is 4.75. The molecule has 118 valence electrons. The molecule has 1 fully saturated rings. The minimum atomic E-state index is -0.202. The average molecular weight is 321 g/mol. The standard InChI is InChI=1S/C15H19N3O3S/c1-11-2-3-12(21-11)10-13-14(20)16-15(22-13)18-6-4-17(5-7-18)8-9-19/h2-3,10,19H,4-9H2,1H3/b13-10+. The first-order valence-corrected chi connectivity index (χ1v) is 8.14. The van der Waals surface area contributed by atoms with E-state index in [4.69, 9.17) is 9.52 Å². The minimum absolute atomic E-state index is 0.184. The molecule has 1 saturated heterocycles. The predicted molar refractivity (Wildman–Crippen MR) is 86.6 cm³/mol. The third kappa shape index (κ3) is 3.43. The Morgan fingerprint density at radius 3 is 2.77 bits per heavy atom. The Labute approximate surface area is 133 Å². The lowest BCUT2D eigenvalue weighted by atomic mass is 10.3. The Morgan fingerprint density at radius 2 is 2.14 bits per heavy atom. The summed E-state index contributed by atoms with van der Waals surface area (Å²) in [4.78, 5) is 21.1. The molecule has 0 aliphatic carbocycles. The fraction of sp³-hybridized carbons (Fsp3) is 0.467. The van der Waals surface area contributed by atoms with E-state index in [0.29, 0.717) is 17.2 Å². The summed E-state index contributed by atoms with van der Waals surface area (Å²) in [5.74, 6) is 1.30. The molecule has 0 bridgehead atoms. The second kappa shape index (κ2) is 6.68. The van der Waals surface area contributed by atoms with Crippen LogP contribution in [0.5, 0.6) is 0 Å². The van der Waals surface area contributed by atoms with Crippen LogP contribution in [-0.2, 0) is 4.79 Å². The summed E-state index contributed by atoms with van der Waals surface area (Å²) in [5.41, 5.74) is 0. The predicted octanol–water partition coefficient (Wildman–Crippen LogP) is 1.17. The Morgan fingerprint density at radius 1 is 1.36 bits per heavy atom. The number of aliphatic hydroxyl groups is 1.